The molecule has 0 radical (unpaired) electrons. The lowest BCUT2D eigenvalue weighted by molar-refractivity contribution is -0.143. The molecule has 0 spiro atoms. The molecular weight excluding hydrogens is 1050 g/mol. The summed E-state index contributed by atoms with van der Waals surface area (Å²) >= 11 is 0. The van der Waals surface area contributed by atoms with Crippen LogP contribution >= 0.6 is 0 Å². The maximum absolute atomic E-state index is 15.2. The van der Waals surface area contributed by atoms with Crippen LogP contribution in [0.1, 0.15) is 115 Å². The number of hydrogen-bond donors (Lipinski definition) is 6. The number of rotatable bonds is 12. The third kappa shape index (κ3) is 15.1. The normalized spacial score (nSPS) is 21.5. The van der Waals surface area contributed by atoms with Gasteiger partial charge in [-0.1, -0.05) is 135 Å². The zero-order chi connectivity index (χ0) is 59.1. The van der Waals surface area contributed by atoms with Gasteiger partial charge in [0.2, 0.25) is 41.4 Å². The molecular formula is C61H73N11O10. The molecule has 7 amide bonds. The van der Waals surface area contributed by atoms with Crippen molar-refractivity contribution in [2.45, 2.75) is 147 Å². The van der Waals surface area contributed by atoms with Gasteiger partial charge in [0.15, 0.2) is 5.78 Å². The number of carbonyl (C=O) groups is 9. The fourth-order valence-electron chi connectivity index (χ4n) is 10.5. The van der Waals surface area contributed by atoms with Gasteiger partial charge >= 0.3 is 6.09 Å². The van der Waals surface area contributed by atoms with Crippen LogP contribution in [0.4, 0.5) is 4.79 Å². The summed E-state index contributed by atoms with van der Waals surface area (Å²) in [5, 5.41) is 21.6. The number of para-hydroxylation sites is 1. The number of benzene rings is 4. The van der Waals surface area contributed by atoms with Crippen LogP contribution in [0.5, 0.6) is 0 Å². The minimum atomic E-state index is -1.61. The minimum Gasteiger partial charge on any atom is -0.443 e. The second-order valence-electron chi connectivity index (χ2n) is 22.0. The van der Waals surface area contributed by atoms with Gasteiger partial charge in [0.25, 0.3) is 0 Å². The molecule has 4 aromatic carbocycles. The lowest BCUT2D eigenvalue weighted by atomic mass is 9.77. The average Bonchev–Trinajstić information content (AvgIpc) is 3.08. The van der Waals surface area contributed by atoms with E-state index in [-0.39, 0.29) is 51.0 Å². The third-order valence-corrected chi connectivity index (χ3v) is 14.9. The fourth-order valence-corrected chi connectivity index (χ4v) is 10.5. The SMILES string of the molecule is CC[C@H](C)[C@@H]1NC(=O)[C@H](CC(=O)NC(c2ccccc2)(c2ccccc2)c2ccccc2)NC(=O)CCC(=O)NCCCC[C@@H](C(C)=O)NC(=O)[C@H](Cc2cn(C(=O)OC(C)(C)C)c3ccccc23)NC(=O)[C@@H]2C[C@H](N=[N+]=[N-])CN2C1=O. The van der Waals surface area contributed by atoms with E-state index in [0.29, 0.717) is 52.4 Å². The Morgan fingerprint density at radius 2 is 1.34 bits per heavy atom. The van der Waals surface area contributed by atoms with Gasteiger partial charge in [0, 0.05) is 48.8 Å². The summed E-state index contributed by atoms with van der Waals surface area (Å²) < 4.78 is 7.01. The number of azide groups is 1. The van der Waals surface area contributed by atoms with Gasteiger partial charge in [-0.15, -0.1) is 0 Å². The molecule has 432 valence electrons. The molecule has 3 heterocycles. The van der Waals surface area contributed by atoms with Crippen molar-refractivity contribution in [3.05, 3.63) is 154 Å². The number of ketones is 1. The summed E-state index contributed by atoms with van der Waals surface area (Å²) in [6.45, 7) is 9.89. The summed E-state index contributed by atoms with van der Waals surface area (Å²) in [5.74, 6) is -6.10. The monoisotopic (exact) mass is 1120 g/mol. The van der Waals surface area contributed by atoms with Gasteiger partial charge in [0.05, 0.1) is 24.0 Å². The van der Waals surface area contributed by atoms with Crippen LogP contribution in [0.3, 0.4) is 0 Å². The van der Waals surface area contributed by atoms with Gasteiger partial charge in [-0.3, -0.25) is 42.9 Å². The number of ether oxygens (including phenoxy) is 1. The number of carbonyl (C=O) groups excluding carboxylic acids is 9. The van der Waals surface area contributed by atoms with Crippen LogP contribution in [0.2, 0.25) is 0 Å². The Labute approximate surface area is 476 Å². The Hall–Kier alpha value is -8.84. The number of hydrogen-bond acceptors (Lipinski definition) is 11. The lowest BCUT2D eigenvalue weighted by Crippen LogP contribution is -2.60. The van der Waals surface area contributed by atoms with E-state index in [2.05, 4.69) is 41.9 Å². The number of aromatic nitrogens is 1. The predicted octanol–water partition coefficient (Wildman–Crippen LogP) is 6.40. The van der Waals surface area contributed by atoms with Crippen LogP contribution in [0.25, 0.3) is 21.3 Å². The first-order chi connectivity index (χ1) is 39.2. The highest BCUT2D eigenvalue weighted by molar-refractivity contribution is 5.99. The minimum absolute atomic E-state index is 0.160. The Morgan fingerprint density at radius 1 is 0.756 bits per heavy atom. The molecule has 7 rings (SSSR count). The Kier molecular flexibility index (Phi) is 20.4. The second-order valence-corrected chi connectivity index (χ2v) is 22.0. The first-order valence-corrected chi connectivity index (χ1v) is 27.8. The Bertz CT molecular complexity index is 3080. The van der Waals surface area contributed by atoms with Crippen molar-refractivity contribution < 1.29 is 47.9 Å². The Morgan fingerprint density at radius 3 is 1.93 bits per heavy atom. The zero-order valence-corrected chi connectivity index (χ0v) is 47.2. The topological polar surface area (TPSA) is 292 Å². The standard InChI is InChI=1S/C61H73N11O10/c1-7-38(2)54-58(80)71-37-44(69-70-62)34-50(71)57(79)66-47(33-40-36-72(59(81)82-60(4,5)6)49-29-18-17-27-45(40)49)55(77)65-46(39(3)73)28-19-20-32-63-51(74)30-31-52(75)64-48(56(78)67-54)35-53(76)68-61(41-21-11-8-12-22-41,42-23-13-9-14-24-42)43-25-15-10-16-26-43/h8-18,21-27,29,36,38,44,46-48,50,54H,7,19-20,28,30-35,37H2,1-6H3,(H,63,74)(H,64,75)(H,65,77)(H,66,79)(H,67,78)(H,68,76)/t38-,44-,46-,47-,48-,50-,54-/m0/s1. The highest BCUT2D eigenvalue weighted by atomic mass is 16.6. The quantitative estimate of drug-likeness (QED) is 0.0346. The van der Waals surface area contributed by atoms with Crippen molar-refractivity contribution in [1.29, 1.82) is 0 Å². The number of Topliss-reactive ketones (excluding diaryl/α,β-unsaturated/α-hetero) is 1. The fraction of sp³-hybridized carbons (Fsp3) is 0.426. The molecule has 2 saturated heterocycles. The molecule has 2 aliphatic rings. The van der Waals surface area contributed by atoms with Crippen molar-refractivity contribution in [1.82, 2.24) is 41.4 Å². The zero-order valence-electron chi connectivity index (χ0n) is 47.2. The van der Waals surface area contributed by atoms with E-state index in [1.165, 1.54) is 22.6 Å². The summed E-state index contributed by atoms with van der Waals surface area (Å²) in [6.07, 6.45) is 0.379. The van der Waals surface area contributed by atoms with Crippen LogP contribution in [0, 0.1) is 5.92 Å². The van der Waals surface area contributed by atoms with E-state index in [0.717, 1.165) is 0 Å². The number of fused-ring (bicyclic) bond motifs is 2. The van der Waals surface area contributed by atoms with Crippen LogP contribution < -0.4 is 31.9 Å². The maximum atomic E-state index is 15.2. The first kappa shape index (κ1) is 60.8. The second kappa shape index (κ2) is 27.6. The molecule has 2 aliphatic heterocycles. The van der Waals surface area contributed by atoms with E-state index in [4.69, 9.17) is 4.74 Å². The summed E-state index contributed by atoms with van der Waals surface area (Å²) in [4.78, 5) is 133. The molecule has 5 aromatic rings. The van der Waals surface area contributed by atoms with E-state index < -0.39 is 107 Å². The number of nitrogens with zero attached hydrogens (tertiary/aromatic N) is 5. The molecule has 0 bridgehead atoms. The highest BCUT2D eigenvalue weighted by Crippen LogP contribution is 2.37. The molecule has 21 nitrogen and oxygen atoms in total. The van der Waals surface area contributed by atoms with E-state index >= 15 is 4.79 Å². The lowest BCUT2D eigenvalue weighted by Gasteiger charge is -2.37. The van der Waals surface area contributed by atoms with Gasteiger partial charge in [0.1, 0.15) is 35.3 Å². The predicted molar refractivity (Wildman–Crippen MR) is 306 cm³/mol. The number of amides is 7. The van der Waals surface area contributed by atoms with E-state index in [9.17, 15) is 43.9 Å². The van der Waals surface area contributed by atoms with Crippen LogP contribution in [-0.2, 0) is 55.1 Å². The van der Waals surface area contributed by atoms with Crippen LogP contribution in [-0.4, -0.2) is 118 Å². The third-order valence-electron chi connectivity index (χ3n) is 14.9. The van der Waals surface area contributed by atoms with Crippen LogP contribution in [0.15, 0.2) is 127 Å². The van der Waals surface area contributed by atoms with Gasteiger partial charge < -0.3 is 41.5 Å². The van der Waals surface area contributed by atoms with Crippen molar-refractivity contribution in [3.8, 4) is 0 Å². The van der Waals surface area contributed by atoms with Crippen molar-refractivity contribution in [2.24, 2.45) is 11.0 Å². The molecule has 82 heavy (non-hydrogen) atoms. The highest BCUT2D eigenvalue weighted by Gasteiger charge is 2.45. The van der Waals surface area contributed by atoms with E-state index in [1.807, 2.05) is 91.0 Å². The molecule has 21 heteroatoms. The largest absolute Gasteiger partial charge is 0.443 e. The summed E-state index contributed by atoms with van der Waals surface area (Å²) in [5.41, 5.74) is 10.5. The number of nitrogens with one attached hydrogen (secondary N) is 6. The van der Waals surface area contributed by atoms with Gasteiger partial charge in [-0.25, -0.2) is 4.79 Å². The molecule has 7 atom stereocenters. The average molecular weight is 1120 g/mol. The van der Waals surface area contributed by atoms with Crippen molar-refractivity contribution in [2.75, 3.05) is 13.1 Å². The smallest absolute Gasteiger partial charge is 0.419 e. The molecule has 0 unspecified atom stereocenters. The van der Waals surface area contributed by atoms with Gasteiger partial charge in [-0.05, 0) is 93.1 Å². The summed E-state index contributed by atoms with van der Waals surface area (Å²) in [6, 6.07) is 27.0. The first-order valence-electron chi connectivity index (χ1n) is 27.8. The molecule has 1 aromatic heterocycles. The maximum Gasteiger partial charge on any atom is 0.419 e. The molecule has 6 N–H and O–H groups in total. The molecule has 0 saturated carbocycles. The summed E-state index contributed by atoms with van der Waals surface area (Å²) in [7, 11) is 0. The van der Waals surface area contributed by atoms with Crippen molar-refractivity contribution in [3.63, 3.8) is 0 Å². The van der Waals surface area contributed by atoms with E-state index in [1.54, 1.807) is 58.9 Å². The van der Waals surface area contributed by atoms with Crippen molar-refractivity contribution >= 4 is 64.1 Å². The Balaban J connectivity index is 1.25. The van der Waals surface area contributed by atoms with Gasteiger partial charge in [-0.2, -0.15) is 0 Å². The molecule has 0 aliphatic carbocycles. The molecule has 2 fully saturated rings.